The lowest BCUT2D eigenvalue weighted by molar-refractivity contribution is -0.123. The van der Waals surface area contributed by atoms with Crippen LogP contribution in [0.25, 0.3) is 10.2 Å². The zero-order chi connectivity index (χ0) is 26.0. The molecule has 0 saturated carbocycles. The number of hydrogen-bond donors (Lipinski definition) is 0. The third-order valence-electron chi connectivity index (χ3n) is 6.48. The number of sulfonamides is 1. The molecule has 1 saturated heterocycles. The van der Waals surface area contributed by atoms with Crippen LogP contribution < -0.4 is 4.90 Å². The Bertz CT molecular complexity index is 1340. The molecule has 0 aliphatic carbocycles. The molecule has 0 unspecified atom stereocenters. The second-order valence-electron chi connectivity index (χ2n) is 9.29. The van der Waals surface area contributed by atoms with Crippen LogP contribution in [0.15, 0.2) is 41.3 Å². The Morgan fingerprint density at radius 2 is 1.75 bits per heavy atom. The topological polar surface area (TPSA) is 73.8 Å². The van der Waals surface area contributed by atoms with Crippen LogP contribution in [0.1, 0.15) is 24.8 Å². The van der Waals surface area contributed by atoms with E-state index in [1.807, 2.05) is 33.2 Å². The van der Waals surface area contributed by atoms with Gasteiger partial charge in [0.05, 0.1) is 15.1 Å². The quantitative estimate of drug-likeness (QED) is 0.368. The average Bonchev–Trinajstić information content (AvgIpc) is 3.29. The maximum absolute atomic E-state index is 13.7. The number of benzene rings is 2. The number of aromatic nitrogens is 1. The third kappa shape index (κ3) is 5.87. The summed E-state index contributed by atoms with van der Waals surface area (Å²) in [4.78, 5) is 22.6. The first-order valence-corrected chi connectivity index (χ1v) is 14.9. The number of carbonyl (C=O) groups is 1. The molecule has 0 spiro atoms. The van der Waals surface area contributed by atoms with Gasteiger partial charge in [0.25, 0.3) is 0 Å². The standard InChI is InChI=1S/C25H30Cl2N4O3S2/c1-17-21(27)9-10-22-23(17)28-25(35-22)31(14-4-13-29(2)3)24(32)18-11-15-30(16-12-18)36(33,34)20-7-5-19(26)6-8-20/h5-10,18H,4,11-16H2,1-3H3. The number of piperidine rings is 1. The number of anilines is 1. The van der Waals surface area contributed by atoms with Crippen LogP contribution in [-0.2, 0) is 14.8 Å². The number of fused-ring (bicyclic) bond motifs is 1. The SMILES string of the molecule is Cc1c(Cl)ccc2sc(N(CCCN(C)C)C(=O)C3CCN(S(=O)(=O)c4ccc(Cl)cc4)CC3)nc12. The highest BCUT2D eigenvalue weighted by Crippen LogP contribution is 2.35. The van der Waals surface area contributed by atoms with Crippen LogP contribution in [0.2, 0.25) is 10.0 Å². The van der Waals surface area contributed by atoms with Gasteiger partial charge in [-0.25, -0.2) is 13.4 Å². The smallest absolute Gasteiger partial charge is 0.243 e. The maximum Gasteiger partial charge on any atom is 0.243 e. The first-order chi connectivity index (χ1) is 17.1. The van der Waals surface area contributed by atoms with Gasteiger partial charge in [-0.3, -0.25) is 9.69 Å². The zero-order valence-electron chi connectivity index (χ0n) is 20.6. The van der Waals surface area contributed by atoms with Crippen molar-refractivity contribution in [3.63, 3.8) is 0 Å². The molecule has 36 heavy (non-hydrogen) atoms. The molecule has 1 fully saturated rings. The largest absolute Gasteiger partial charge is 0.309 e. The second-order valence-corrected chi connectivity index (χ2v) is 13.1. The lowest BCUT2D eigenvalue weighted by atomic mass is 9.96. The molecule has 7 nitrogen and oxygen atoms in total. The lowest BCUT2D eigenvalue weighted by Crippen LogP contribution is -2.45. The Morgan fingerprint density at radius 3 is 2.39 bits per heavy atom. The van der Waals surface area contributed by atoms with Crippen LogP contribution in [0.5, 0.6) is 0 Å². The van der Waals surface area contributed by atoms with Gasteiger partial charge in [-0.1, -0.05) is 34.5 Å². The monoisotopic (exact) mass is 568 g/mol. The minimum Gasteiger partial charge on any atom is -0.309 e. The molecule has 1 aliphatic rings. The van der Waals surface area contributed by atoms with E-state index in [2.05, 4.69) is 4.90 Å². The van der Waals surface area contributed by atoms with Crippen LogP contribution >= 0.6 is 34.5 Å². The van der Waals surface area contributed by atoms with Gasteiger partial charge >= 0.3 is 0 Å². The van der Waals surface area contributed by atoms with E-state index in [9.17, 15) is 13.2 Å². The third-order valence-corrected chi connectivity index (χ3v) is 10.1. The number of aryl methyl sites for hydroxylation is 1. The molecule has 194 valence electrons. The molecule has 2 aromatic carbocycles. The minimum atomic E-state index is -3.63. The van der Waals surface area contributed by atoms with E-state index in [1.165, 1.54) is 27.8 Å². The van der Waals surface area contributed by atoms with Crippen molar-refractivity contribution in [1.29, 1.82) is 0 Å². The molecule has 2 heterocycles. The first kappa shape index (κ1) is 27.3. The van der Waals surface area contributed by atoms with Crippen molar-refractivity contribution in [2.75, 3.05) is 45.2 Å². The summed E-state index contributed by atoms with van der Waals surface area (Å²) >= 11 is 13.7. The van der Waals surface area contributed by atoms with Gasteiger partial charge < -0.3 is 4.90 Å². The highest BCUT2D eigenvalue weighted by atomic mass is 35.5. The van der Waals surface area contributed by atoms with Gasteiger partial charge in [0.1, 0.15) is 0 Å². The molecular weight excluding hydrogens is 539 g/mol. The highest BCUT2D eigenvalue weighted by Gasteiger charge is 2.35. The molecule has 11 heteroatoms. The number of amides is 1. The molecule has 0 bridgehead atoms. The molecule has 4 rings (SSSR count). The van der Waals surface area contributed by atoms with Crippen molar-refractivity contribution in [3.05, 3.63) is 52.0 Å². The Morgan fingerprint density at radius 1 is 1.08 bits per heavy atom. The summed E-state index contributed by atoms with van der Waals surface area (Å²) < 4.78 is 28.6. The number of thiazole rings is 1. The molecule has 1 aliphatic heterocycles. The lowest BCUT2D eigenvalue weighted by Gasteiger charge is -2.33. The number of nitrogens with zero attached hydrogens (tertiary/aromatic N) is 4. The van der Waals surface area contributed by atoms with Crippen LogP contribution in [0, 0.1) is 12.8 Å². The number of carbonyl (C=O) groups excluding carboxylic acids is 1. The van der Waals surface area contributed by atoms with Crippen molar-refractivity contribution < 1.29 is 13.2 Å². The van der Waals surface area contributed by atoms with Crippen molar-refractivity contribution in [1.82, 2.24) is 14.2 Å². The van der Waals surface area contributed by atoms with E-state index in [4.69, 9.17) is 28.2 Å². The molecule has 1 aromatic heterocycles. The van der Waals surface area contributed by atoms with Gasteiger partial charge in [-0.15, -0.1) is 0 Å². The summed E-state index contributed by atoms with van der Waals surface area (Å²) in [6.45, 7) is 3.91. The summed E-state index contributed by atoms with van der Waals surface area (Å²) in [5.74, 6) is -0.266. The summed E-state index contributed by atoms with van der Waals surface area (Å²) in [5.41, 5.74) is 1.72. The minimum absolute atomic E-state index is 0.0000955. The second kappa shape index (κ2) is 11.3. The molecule has 0 N–H and O–H groups in total. The fourth-order valence-corrected chi connectivity index (χ4v) is 7.17. The van der Waals surface area contributed by atoms with E-state index in [0.717, 1.165) is 28.7 Å². The van der Waals surface area contributed by atoms with Gasteiger partial charge in [0.2, 0.25) is 15.9 Å². The Hall–Kier alpha value is -1.75. The van der Waals surface area contributed by atoms with Crippen molar-refractivity contribution >= 4 is 65.8 Å². The van der Waals surface area contributed by atoms with E-state index >= 15 is 0 Å². The van der Waals surface area contributed by atoms with E-state index in [0.29, 0.717) is 47.7 Å². The average molecular weight is 570 g/mol. The van der Waals surface area contributed by atoms with Gasteiger partial charge in [0.15, 0.2) is 5.13 Å². The number of rotatable bonds is 8. The molecule has 1 amide bonds. The number of hydrogen-bond acceptors (Lipinski definition) is 6. The van der Waals surface area contributed by atoms with E-state index < -0.39 is 10.0 Å². The highest BCUT2D eigenvalue weighted by molar-refractivity contribution is 7.89. The summed E-state index contributed by atoms with van der Waals surface area (Å²) in [7, 11) is 0.383. The Balaban J connectivity index is 1.52. The number of halogens is 2. The predicted octanol–water partition coefficient (Wildman–Crippen LogP) is 5.30. The molecular formula is C25H30Cl2N4O3S2. The van der Waals surface area contributed by atoms with Crippen molar-refractivity contribution in [2.24, 2.45) is 5.92 Å². The normalized spacial score (nSPS) is 15.6. The molecule has 0 atom stereocenters. The van der Waals surface area contributed by atoms with Gasteiger partial charge in [-0.05, 0) is 88.8 Å². The van der Waals surface area contributed by atoms with Crippen LogP contribution in [-0.4, -0.2) is 68.8 Å². The Labute approximate surface area is 226 Å². The fraction of sp³-hybridized carbons (Fsp3) is 0.440. The van der Waals surface area contributed by atoms with Gasteiger partial charge in [-0.2, -0.15) is 4.31 Å². The molecule has 0 radical (unpaired) electrons. The van der Waals surface area contributed by atoms with Crippen LogP contribution in [0.4, 0.5) is 5.13 Å². The van der Waals surface area contributed by atoms with Crippen molar-refractivity contribution in [2.45, 2.75) is 31.1 Å². The summed E-state index contributed by atoms with van der Waals surface area (Å²) in [6.07, 6.45) is 1.73. The van der Waals surface area contributed by atoms with Crippen molar-refractivity contribution in [3.8, 4) is 0 Å². The predicted molar refractivity (Wildman–Crippen MR) is 148 cm³/mol. The maximum atomic E-state index is 13.7. The molecule has 3 aromatic rings. The summed E-state index contributed by atoms with van der Waals surface area (Å²) in [6, 6.07) is 9.97. The fourth-order valence-electron chi connectivity index (χ4n) is 4.37. The zero-order valence-corrected chi connectivity index (χ0v) is 23.7. The Kier molecular flexibility index (Phi) is 8.59. The van der Waals surface area contributed by atoms with Crippen LogP contribution in [0.3, 0.4) is 0 Å². The van der Waals surface area contributed by atoms with E-state index in [1.54, 1.807) is 17.0 Å². The van der Waals surface area contributed by atoms with E-state index in [-0.39, 0.29) is 16.7 Å². The first-order valence-electron chi connectivity index (χ1n) is 11.9. The van der Waals surface area contributed by atoms with Gasteiger partial charge in [0, 0.05) is 35.6 Å². The summed E-state index contributed by atoms with van der Waals surface area (Å²) in [5, 5.41) is 1.80.